The summed E-state index contributed by atoms with van der Waals surface area (Å²) in [7, 11) is 0. The number of rotatable bonds is 6. The number of carbonyl (C=O) groups excluding carboxylic acids is 2. The van der Waals surface area contributed by atoms with Gasteiger partial charge >= 0.3 is 0 Å². The molecule has 1 aliphatic rings. The topological polar surface area (TPSA) is 145 Å². The molecule has 0 unspecified atom stereocenters. The third-order valence-corrected chi connectivity index (χ3v) is 6.37. The largest absolute Gasteiger partial charge is 0.508 e. The molecule has 0 radical (unpaired) electrons. The van der Waals surface area contributed by atoms with Crippen molar-refractivity contribution >= 4 is 17.6 Å². The van der Waals surface area contributed by atoms with Crippen LogP contribution in [0.1, 0.15) is 49.4 Å². The maximum absolute atomic E-state index is 13.8. The van der Waals surface area contributed by atoms with Gasteiger partial charge in [0.05, 0.1) is 22.6 Å². The Morgan fingerprint density at radius 2 is 1.29 bits per heavy atom. The van der Waals surface area contributed by atoms with E-state index in [-0.39, 0.29) is 45.4 Å². The van der Waals surface area contributed by atoms with Gasteiger partial charge in [-0.1, -0.05) is 30.3 Å². The lowest BCUT2D eigenvalue weighted by molar-refractivity contribution is 0.0891. The molecule has 2 atom stereocenters. The molecule has 5 N–H and O–H groups in total. The van der Waals surface area contributed by atoms with Crippen molar-refractivity contribution in [1.29, 1.82) is 0 Å². The van der Waals surface area contributed by atoms with Crippen molar-refractivity contribution in [3.8, 4) is 34.5 Å². The lowest BCUT2D eigenvalue weighted by atomic mass is 9.83. The first-order valence-corrected chi connectivity index (χ1v) is 11.6. The molecule has 0 saturated carbocycles. The Labute approximate surface area is 217 Å². The Morgan fingerprint density at radius 3 is 1.95 bits per heavy atom. The third kappa shape index (κ3) is 4.51. The van der Waals surface area contributed by atoms with Gasteiger partial charge in [-0.2, -0.15) is 0 Å². The van der Waals surface area contributed by atoms with Crippen LogP contribution >= 0.6 is 0 Å². The van der Waals surface area contributed by atoms with E-state index >= 15 is 0 Å². The number of allylic oxidation sites excluding steroid dienone is 1. The molecule has 8 heteroatoms. The van der Waals surface area contributed by atoms with Gasteiger partial charge in [-0.15, -0.1) is 0 Å². The highest BCUT2D eigenvalue weighted by Crippen LogP contribution is 2.53. The highest BCUT2D eigenvalue weighted by atomic mass is 16.5. The fourth-order valence-corrected chi connectivity index (χ4v) is 4.49. The van der Waals surface area contributed by atoms with Gasteiger partial charge in [0.15, 0.2) is 11.6 Å². The Kier molecular flexibility index (Phi) is 6.22. The van der Waals surface area contributed by atoms with E-state index in [0.717, 1.165) is 6.07 Å². The van der Waals surface area contributed by atoms with Crippen molar-refractivity contribution in [2.45, 2.75) is 12.0 Å². The molecule has 5 rings (SSSR count). The minimum Gasteiger partial charge on any atom is -0.508 e. The molecule has 0 aromatic heterocycles. The fraction of sp³-hybridized carbons (Fsp3) is 0.0667. The number of Topliss-reactive ketones (excluding diaryl/α,β-unsaturated/α-hetero) is 1. The van der Waals surface area contributed by atoms with Crippen LogP contribution in [0.3, 0.4) is 0 Å². The van der Waals surface area contributed by atoms with E-state index < -0.39 is 29.3 Å². The van der Waals surface area contributed by atoms with Gasteiger partial charge in [-0.25, -0.2) is 0 Å². The number of ether oxygens (including phenoxy) is 1. The van der Waals surface area contributed by atoms with E-state index in [9.17, 15) is 35.1 Å². The first-order chi connectivity index (χ1) is 18.2. The SMILES string of the molecule is O=C(/C=C/c1ccc(O)cc1)c1ccc(O)c2c1O[C@H](c1ccc(O)cc1)[C@@H]2C(=O)c1ccc(O)cc1O. The smallest absolute Gasteiger partial charge is 0.189 e. The molecule has 0 spiro atoms. The number of ketones is 2. The molecule has 190 valence electrons. The van der Waals surface area contributed by atoms with E-state index in [1.54, 1.807) is 30.3 Å². The summed E-state index contributed by atoms with van der Waals surface area (Å²) < 4.78 is 6.17. The van der Waals surface area contributed by atoms with Crippen LogP contribution in [-0.4, -0.2) is 37.1 Å². The molecule has 0 amide bonds. The summed E-state index contributed by atoms with van der Waals surface area (Å²) in [5, 5.41) is 50.1. The molecule has 1 aliphatic heterocycles. The van der Waals surface area contributed by atoms with Crippen LogP contribution < -0.4 is 4.74 Å². The van der Waals surface area contributed by atoms with Crippen LogP contribution in [0.4, 0.5) is 0 Å². The maximum atomic E-state index is 13.8. The van der Waals surface area contributed by atoms with Gasteiger partial charge in [-0.3, -0.25) is 9.59 Å². The van der Waals surface area contributed by atoms with Crippen LogP contribution in [0.5, 0.6) is 34.5 Å². The zero-order chi connectivity index (χ0) is 27.0. The van der Waals surface area contributed by atoms with E-state index in [0.29, 0.717) is 11.1 Å². The van der Waals surface area contributed by atoms with Gasteiger partial charge in [0.1, 0.15) is 40.6 Å². The predicted molar refractivity (Wildman–Crippen MR) is 138 cm³/mol. The summed E-state index contributed by atoms with van der Waals surface area (Å²) in [6.07, 6.45) is 1.89. The van der Waals surface area contributed by atoms with Crippen molar-refractivity contribution < 1.29 is 39.9 Å². The normalized spacial score (nSPS) is 16.2. The van der Waals surface area contributed by atoms with Crippen LogP contribution in [0.25, 0.3) is 6.08 Å². The summed E-state index contributed by atoms with van der Waals surface area (Å²) in [6.45, 7) is 0. The Hall–Kier alpha value is -5.24. The van der Waals surface area contributed by atoms with Crippen LogP contribution in [0.2, 0.25) is 0 Å². The summed E-state index contributed by atoms with van der Waals surface area (Å²) in [5.74, 6) is -3.02. The first-order valence-electron chi connectivity index (χ1n) is 11.6. The number of hydrogen-bond donors (Lipinski definition) is 5. The maximum Gasteiger partial charge on any atom is 0.189 e. The molecule has 1 heterocycles. The van der Waals surface area contributed by atoms with Crippen LogP contribution in [0, 0.1) is 0 Å². The molecular weight excluding hydrogens is 488 g/mol. The second-order valence-electron chi connectivity index (χ2n) is 8.84. The van der Waals surface area contributed by atoms with E-state index in [4.69, 9.17) is 4.74 Å². The molecule has 4 aromatic carbocycles. The lowest BCUT2D eigenvalue weighted by Crippen LogP contribution is -2.19. The van der Waals surface area contributed by atoms with Crippen molar-refractivity contribution in [1.82, 2.24) is 0 Å². The van der Waals surface area contributed by atoms with Crippen LogP contribution in [-0.2, 0) is 0 Å². The predicted octanol–water partition coefficient (Wildman–Crippen LogP) is 5.21. The van der Waals surface area contributed by atoms with Gasteiger partial charge < -0.3 is 30.3 Å². The number of hydrogen-bond acceptors (Lipinski definition) is 8. The minimum absolute atomic E-state index is 0.00130. The second kappa shape index (κ2) is 9.67. The third-order valence-electron chi connectivity index (χ3n) is 6.37. The van der Waals surface area contributed by atoms with Crippen LogP contribution in [0.15, 0.2) is 84.9 Å². The number of benzene rings is 4. The van der Waals surface area contributed by atoms with Gasteiger partial charge in [0.2, 0.25) is 0 Å². The molecule has 38 heavy (non-hydrogen) atoms. The quantitative estimate of drug-likeness (QED) is 0.176. The molecule has 0 saturated heterocycles. The number of phenolic OH excluding ortho intramolecular Hbond substituents is 5. The average Bonchev–Trinajstić information content (AvgIpc) is 3.30. The summed E-state index contributed by atoms with van der Waals surface area (Å²) in [5.41, 5.74) is 1.26. The number of aromatic hydroxyl groups is 5. The van der Waals surface area contributed by atoms with Crippen molar-refractivity contribution in [2.24, 2.45) is 0 Å². The minimum atomic E-state index is -1.15. The van der Waals surface area contributed by atoms with E-state index in [2.05, 4.69) is 0 Å². The lowest BCUT2D eigenvalue weighted by Gasteiger charge is -2.19. The van der Waals surface area contributed by atoms with Crippen molar-refractivity contribution in [3.63, 3.8) is 0 Å². The second-order valence-corrected chi connectivity index (χ2v) is 8.84. The standard InChI is InChI=1S/C30H22O8/c31-18-6-1-16(2-7-18)3-13-23(34)22-12-14-24(35)26-27(28(37)21-11-10-20(33)15-25(21)36)29(38-30(22)26)17-4-8-19(32)9-5-17/h1-15,27,29,31-33,35-36H/b13-3+/t27-,29+/m0/s1. The van der Waals surface area contributed by atoms with Gasteiger partial charge in [0.25, 0.3) is 0 Å². The zero-order valence-electron chi connectivity index (χ0n) is 19.8. The Bertz CT molecular complexity index is 1570. The zero-order valence-corrected chi connectivity index (χ0v) is 19.8. The highest BCUT2D eigenvalue weighted by Gasteiger charge is 2.45. The number of phenols is 5. The number of carbonyl (C=O) groups is 2. The van der Waals surface area contributed by atoms with E-state index in [1.807, 2.05) is 0 Å². The molecule has 8 nitrogen and oxygen atoms in total. The summed E-state index contributed by atoms with van der Waals surface area (Å²) in [6, 6.07) is 18.5. The van der Waals surface area contributed by atoms with Crippen molar-refractivity contribution in [2.75, 3.05) is 0 Å². The average molecular weight is 510 g/mol. The summed E-state index contributed by atoms with van der Waals surface area (Å²) >= 11 is 0. The fourth-order valence-electron chi connectivity index (χ4n) is 4.49. The number of fused-ring (bicyclic) bond motifs is 1. The first kappa shape index (κ1) is 24.5. The van der Waals surface area contributed by atoms with Crippen molar-refractivity contribution in [3.05, 3.63) is 113 Å². The monoisotopic (exact) mass is 510 g/mol. The molecule has 0 aliphatic carbocycles. The van der Waals surface area contributed by atoms with E-state index in [1.165, 1.54) is 54.6 Å². The highest BCUT2D eigenvalue weighted by molar-refractivity contribution is 6.11. The van der Waals surface area contributed by atoms with Gasteiger partial charge in [-0.05, 0) is 65.7 Å². The molecular formula is C30H22O8. The summed E-state index contributed by atoms with van der Waals surface area (Å²) in [4.78, 5) is 27.0. The molecule has 0 fully saturated rings. The molecule has 4 aromatic rings. The Balaban J connectivity index is 1.60. The van der Waals surface area contributed by atoms with Gasteiger partial charge in [0, 0.05) is 6.07 Å². The Morgan fingerprint density at radius 1 is 0.684 bits per heavy atom. The molecule has 0 bridgehead atoms.